The summed E-state index contributed by atoms with van der Waals surface area (Å²) in [5, 5.41) is 0. The van der Waals surface area contributed by atoms with Gasteiger partial charge in [0.2, 0.25) is 0 Å². The maximum absolute atomic E-state index is 12.4. The van der Waals surface area contributed by atoms with E-state index in [0.717, 1.165) is 12.4 Å². The lowest BCUT2D eigenvalue weighted by atomic mass is 10.2. The maximum Gasteiger partial charge on any atom is 0.419 e. The van der Waals surface area contributed by atoms with Crippen molar-refractivity contribution in [3.8, 4) is 17.1 Å². The van der Waals surface area contributed by atoms with E-state index >= 15 is 0 Å². The van der Waals surface area contributed by atoms with Gasteiger partial charge in [0.05, 0.1) is 18.2 Å². The first-order valence-electron chi connectivity index (χ1n) is 5.05. The SMILES string of the molecule is COc1ccccc1-c1ncc(C(F)(F)F)cn1. The van der Waals surface area contributed by atoms with E-state index in [0.29, 0.717) is 11.3 Å². The van der Waals surface area contributed by atoms with Crippen LogP contribution in [0.25, 0.3) is 11.4 Å². The van der Waals surface area contributed by atoms with Crippen LogP contribution in [0.4, 0.5) is 13.2 Å². The first-order valence-corrected chi connectivity index (χ1v) is 5.05. The second kappa shape index (κ2) is 4.64. The zero-order chi connectivity index (χ0) is 13.2. The summed E-state index contributed by atoms with van der Waals surface area (Å²) in [5.74, 6) is 0.706. The number of hydrogen-bond acceptors (Lipinski definition) is 3. The van der Waals surface area contributed by atoms with Crippen molar-refractivity contribution in [2.75, 3.05) is 7.11 Å². The third kappa shape index (κ3) is 2.42. The summed E-state index contributed by atoms with van der Waals surface area (Å²) >= 11 is 0. The minimum atomic E-state index is -4.43. The summed E-state index contributed by atoms with van der Waals surface area (Å²) in [4.78, 5) is 7.43. The molecule has 0 aliphatic carbocycles. The Bertz CT molecular complexity index is 538. The van der Waals surface area contributed by atoms with Gasteiger partial charge in [0.25, 0.3) is 0 Å². The highest BCUT2D eigenvalue weighted by Crippen LogP contribution is 2.30. The van der Waals surface area contributed by atoms with E-state index < -0.39 is 11.7 Å². The van der Waals surface area contributed by atoms with Gasteiger partial charge in [0.15, 0.2) is 5.82 Å². The van der Waals surface area contributed by atoms with Gasteiger partial charge >= 0.3 is 6.18 Å². The van der Waals surface area contributed by atoms with Crippen LogP contribution in [0.2, 0.25) is 0 Å². The number of alkyl halides is 3. The zero-order valence-electron chi connectivity index (χ0n) is 9.40. The number of rotatable bonds is 2. The van der Waals surface area contributed by atoms with Crippen LogP contribution in [0, 0.1) is 0 Å². The molecular weight excluding hydrogens is 245 g/mol. The van der Waals surface area contributed by atoms with Crippen molar-refractivity contribution >= 4 is 0 Å². The van der Waals surface area contributed by atoms with E-state index in [-0.39, 0.29) is 5.82 Å². The largest absolute Gasteiger partial charge is 0.496 e. The van der Waals surface area contributed by atoms with Gasteiger partial charge < -0.3 is 4.74 Å². The first-order chi connectivity index (χ1) is 8.52. The van der Waals surface area contributed by atoms with Crippen molar-refractivity contribution in [1.29, 1.82) is 0 Å². The number of ether oxygens (including phenoxy) is 1. The molecule has 0 N–H and O–H groups in total. The summed E-state index contributed by atoms with van der Waals surface area (Å²) in [7, 11) is 1.48. The molecule has 0 aliphatic heterocycles. The highest BCUT2D eigenvalue weighted by molar-refractivity contribution is 5.63. The summed E-state index contributed by atoms with van der Waals surface area (Å²) < 4.78 is 42.2. The van der Waals surface area contributed by atoms with Gasteiger partial charge in [-0.05, 0) is 12.1 Å². The van der Waals surface area contributed by atoms with Gasteiger partial charge in [-0.1, -0.05) is 12.1 Å². The molecule has 0 saturated heterocycles. The van der Waals surface area contributed by atoms with E-state index in [1.165, 1.54) is 7.11 Å². The van der Waals surface area contributed by atoms with Crippen molar-refractivity contribution in [3.63, 3.8) is 0 Å². The lowest BCUT2D eigenvalue weighted by Gasteiger charge is -2.08. The van der Waals surface area contributed by atoms with E-state index in [1.807, 2.05) is 0 Å². The van der Waals surface area contributed by atoms with Gasteiger partial charge in [0, 0.05) is 12.4 Å². The molecule has 0 amide bonds. The number of methoxy groups -OCH3 is 1. The summed E-state index contributed by atoms with van der Waals surface area (Å²) in [6, 6.07) is 6.86. The molecule has 2 rings (SSSR count). The van der Waals surface area contributed by atoms with Gasteiger partial charge in [-0.25, -0.2) is 9.97 Å². The van der Waals surface area contributed by atoms with E-state index in [1.54, 1.807) is 24.3 Å². The molecule has 3 nitrogen and oxygen atoms in total. The Morgan fingerprint density at radius 1 is 1.06 bits per heavy atom. The third-order valence-corrected chi connectivity index (χ3v) is 2.33. The van der Waals surface area contributed by atoms with Crippen molar-refractivity contribution in [2.45, 2.75) is 6.18 Å². The Morgan fingerprint density at radius 2 is 1.67 bits per heavy atom. The van der Waals surface area contributed by atoms with Crippen LogP contribution < -0.4 is 4.74 Å². The predicted octanol–water partition coefficient (Wildman–Crippen LogP) is 3.17. The fourth-order valence-electron chi connectivity index (χ4n) is 1.44. The van der Waals surface area contributed by atoms with Gasteiger partial charge in [-0.2, -0.15) is 13.2 Å². The molecule has 1 aromatic carbocycles. The second-order valence-corrected chi connectivity index (χ2v) is 3.49. The first kappa shape index (κ1) is 12.3. The van der Waals surface area contributed by atoms with Gasteiger partial charge in [-0.3, -0.25) is 0 Å². The minimum absolute atomic E-state index is 0.195. The number of para-hydroxylation sites is 1. The van der Waals surface area contributed by atoms with Gasteiger partial charge in [-0.15, -0.1) is 0 Å². The molecule has 0 spiro atoms. The van der Waals surface area contributed by atoms with Crippen molar-refractivity contribution in [1.82, 2.24) is 9.97 Å². The quantitative estimate of drug-likeness (QED) is 0.825. The Labute approximate surface area is 101 Å². The fourth-order valence-corrected chi connectivity index (χ4v) is 1.44. The molecule has 0 aliphatic rings. The van der Waals surface area contributed by atoms with Crippen LogP contribution in [0.5, 0.6) is 5.75 Å². The van der Waals surface area contributed by atoms with Crippen LogP contribution in [0.15, 0.2) is 36.7 Å². The molecule has 1 aromatic heterocycles. The molecule has 1 heterocycles. The molecule has 0 radical (unpaired) electrons. The molecule has 0 unspecified atom stereocenters. The molecule has 6 heteroatoms. The zero-order valence-corrected chi connectivity index (χ0v) is 9.40. The maximum atomic E-state index is 12.4. The Hall–Kier alpha value is -2.11. The van der Waals surface area contributed by atoms with Crippen molar-refractivity contribution < 1.29 is 17.9 Å². The van der Waals surface area contributed by atoms with Crippen LogP contribution >= 0.6 is 0 Å². The predicted molar refractivity (Wildman–Crippen MR) is 59.0 cm³/mol. The second-order valence-electron chi connectivity index (χ2n) is 3.49. The summed E-state index contributed by atoms with van der Waals surface area (Å²) in [5.41, 5.74) is -0.324. The molecule has 2 aromatic rings. The van der Waals surface area contributed by atoms with Crippen molar-refractivity contribution in [3.05, 3.63) is 42.2 Å². The van der Waals surface area contributed by atoms with Gasteiger partial charge in [0.1, 0.15) is 5.75 Å². The lowest BCUT2D eigenvalue weighted by molar-refractivity contribution is -0.138. The fraction of sp³-hybridized carbons (Fsp3) is 0.167. The van der Waals surface area contributed by atoms with E-state index in [9.17, 15) is 13.2 Å². The summed E-state index contributed by atoms with van der Waals surface area (Å²) in [6.07, 6.45) is -2.91. The Morgan fingerprint density at radius 3 is 2.22 bits per heavy atom. The normalized spacial score (nSPS) is 11.3. The minimum Gasteiger partial charge on any atom is -0.496 e. The van der Waals surface area contributed by atoms with Crippen molar-refractivity contribution in [2.24, 2.45) is 0 Å². The molecule has 0 atom stereocenters. The molecule has 18 heavy (non-hydrogen) atoms. The van der Waals surface area contributed by atoms with Crippen LogP contribution in [0.1, 0.15) is 5.56 Å². The highest BCUT2D eigenvalue weighted by atomic mass is 19.4. The number of aromatic nitrogens is 2. The van der Waals surface area contributed by atoms with Crippen LogP contribution in [-0.2, 0) is 6.18 Å². The molecular formula is C12H9F3N2O. The smallest absolute Gasteiger partial charge is 0.419 e. The number of hydrogen-bond donors (Lipinski definition) is 0. The third-order valence-electron chi connectivity index (χ3n) is 2.33. The monoisotopic (exact) mass is 254 g/mol. The Kier molecular flexibility index (Phi) is 3.18. The number of benzene rings is 1. The molecule has 0 saturated carbocycles. The summed E-state index contributed by atoms with van der Waals surface area (Å²) in [6.45, 7) is 0. The average Bonchev–Trinajstić information content (AvgIpc) is 2.38. The number of halogens is 3. The molecule has 94 valence electrons. The Balaban J connectivity index is 2.41. The average molecular weight is 254 g/mol. The standard InChI is InChI=1S/C12H9F3N2O/c1-18-10-5-3-2-4-9(10)11-16-6-8(7-17-11)12(13,14)15/h2-7H,1H3. The highest BCUT2D eigenvalue weighted by Gasteiger charge is 2.31. The van der Waals surface area contributed by atoms with Crippen LogP contribution in [-0.4, -0.2) is 17.1 Å². The molecule has 0 bridgehead atoms. The van der Waals surface area contributed by atoms with E-state index in [4.69, 9.17) is 4.74 Å². The van der Waals surface area contributed by atoms with E-state index in [2.05, 4.69) is 9.97 Å². The topological polar surface area (TPSA) is 35.0 Å². The molecule has 0 fully saturated rings. The lowest BCUT2D eigenvalue weighted by Crippen LogP contribution is -2.06. The van der Waals surface area contributed by atoms with Crippen LogP contribution in [0.3, 0.4) is 0 Å². The number of nitrogens with zero attached hydrogens (tertiary/aromatic N) is 2.